The summed E-state index contributed by atoms with van der Waals surface area (Å²) in [7, 11) is 1.98. The molecule has 2 N–H and O–H groups in total. The van der Waals surface area contributed by atoms with E-state index < -0.39 is 0 Å². The molecule has 1 saturated carbocycles. The van der Waals surface area contributed by atoms with Crippen LogP contribution in [0.3, 0.4) is 0 Å². The Morgan fingerprint density at radius 2 is 2.00 bits per heavy atom. The number of hydrogen-bond donors (Lipinski definition) is 2. The van der Waals surface area contributed by atoms with Crippen LogP contribution in [0.4, 0.5) is 5.69 Å². The van der Waals surface area contributed by atoms with Crippen LogP contribution in [0.15, 0.2) is 18.2 Å². The van der Waals surface area contributed by atoms with Gasteiger partial charge >= 0.3 is 0 Å². The number of hydrogen-bond acceptors (Lipinski definition) is 2. The van der Waals surface area contributed by atoms with Crippen LogP contribution in [-0.2, 0) is 4.79 Å². The highest BCUT2D eigenvalue weighted by Crippen LogP contribution is 2.31. The van der Waals surface area contributed by atoms with Gasteiger partial charge in [0.15, 0.2) is 0 Å². The molecule has 2 rings (SSSR count). The molecule has 1 aromatic carbocycles. The van der Waals surface area contributed by atoms with Gasteiger partial charge in [-0.1, -0.05) is 19.3 Å². The van der Waals surface area contributed by atoms with Crippen LogP contribution in [0, 0.1) is 10.5 Å². The van der Waals surface area contributed by atoms with E-state index in [0.717, 1.165) is 24.1 Å². The third-order valence-corrected chi connectivity index (χ3v) is 4.97. The number of carbonyl (C=O) groups is 1. The Morgan fingerprint density at radius 1 is 1.30 bits per heavy atom. The lowest BCUT2D eigenvalue weighted by Gasteiger charge is -2.36. The topological polar surface area (TPSA) is 41.1 Å². The van der Waals surface area contributed by atoms with Crippen LogP contribution >= 0.6 is 22.6 Å². The average Bonchev–Trinajstić information content (AvgIpc) is 2.43. The second kappa shape index (κ2) is 6.89. The lowest BCUT2D eigenvalue weighted by molar-refractivity contribution is -0.117. The first-order valence-corrected chi connectivity index (χ1v) is 8.37. The highest BCUT2D eigenvalue weighted by molar-refractivity contribution is 14.1. The molecule has 0 saturated heterocycles. The van der Waals surface area contributed by atoms with E-state index in [1.54, 1.807) is 0 Å². The molecule has 1 aliphatic carbocycles. The number of amides is 1. The zero-order valence-corrected chi connectivity index (χ0v) is 14.4. The SMILES string of the molecule is CNC1(CC(=O)Nc2ccc(I)cc2C)CCCCC1. The van der Waals surface area contributed by atoms with Gasteiger partial charge in [0.25, 0.3) is 0 Å². The molecule has 0 heterocycles. The van der Waals surface area contributed by atoms with Gasteiger partial charge in [0.05, 0.1) is 0 Å². The van der Waals surface area contributed by atoms with Gasteiger partial charge in [-0.05, 0) is 73.2 Å². The fraction of sp³-hybridized carbons (Fsp3) is 0.562. The largest absolute Gasteiger partial charge is 0.326 e. The molecular formula is C16H23IN2O. The van der Waals surface area contributed by atoms with E-state index >= 15 is 0 Å². The van der Waals surface area contributed by atoms with E-state index in [2.05, 4.69) is 39.3 Å². The van der Waals surface area contributed by atoms with Crippen LogP contribution in [0.25, 0.3) is 0 Å². The van der Waals surface area contributed by atoms with E-state index in [-0.39, 0.29) is 11.4 Å². The van der Waals surface area contributed by atoms with E-state index in [9.17, 15) is 4.79 Å². The summed E-state index contributed by atoms with van der Waals surface area (Å²) in [6, 6.07) is 6.10. The maximum Gasteiger partial charge on any atom is 0.226 e. The summed E-state index contributed by atoms with van der Waals surface area (Å²) in [6.45, 7) is 2.03. The summed E-state index contributed by atoms with van der Waals surface area (Å²) >= 11 is 2.29. The quantitative estimate of drug-likeness (QED) is 0.772. The first-order chi connectivity index (χ1) is 9.54. The molecule has 1 aromatic rings. The number of nitrogens with one attached hydrogen (secondary N) is 2. The van der Waals surface area contributed by atoms with Gasteiger partial charge in [0, 0.05) is 21.2 Å². The molecule has 0 aromatic heterocycles. The van der Waals surface area contributed by atoms with E-state index in [4.69, 9.17) is 0 Å². The zero-order chi connectivity index (χ0) is 14.6. The highest BCUT2D eigenvalue weighted by atomic mass is 127. The van der Waals surface area contributed by atoms with Crippen LogP contribution in [-0.4, -0.2) is 18.5 Å². The van der Waals surface area contributed by atoms with Crippen molar-refractivity contribution in [2.45, 2.75) is 51.0 Å². The molecule has 0 aliphatic heterocycles. The molecule has 0 bridgehead atoms. The molecule has 0 spiro atoms. The van der Waals surface area contributed by atoms with Crippen molar-refractivity contribution < 1.29 is 4.79 Å². The zero-order valence-electron chi connectivity index (χ0n) is 12.3. The lowest BCUT2D eigenvalue weighted by atomic mass is 9.79. The third-order valence-electron chi connectivity index (χ3n) is 4.30. The average molecular weight is 386 g/mol. The molecule has 1 aliphatic rings. The van der Waals surface area contributed by atoms with Gasteiger partial charge in [-0.2, -0.15) is 0 Å². The van der Waals surface area contributed by atoms with Crippen LogP contribution < -0.4 is 10.6 Å². The van der Waals surface area contributed by atoms with Crippen molar-refractivity contribution in [1.82, 2.24) is 5.32 Å². The lowest BCUT2D eigenvalue weighted by Crippen LogP contribution is -2.47. The molecule has 110 valence electrons. The molecule has 0 atom stereocenters. The molecule has 0 unspecified atom stereocenters. The first-order valence-electron chi connectivity index (χ1n) is 7.30. The summed E-state index contributed by atoms with van der Waals surface area (Å²) in [5.74, 6) is 0.116. The Bertz CT molecular complexity index is 481. The number of rotatable bonds is 4. The Hall–Kier alpha value is -0.620. The monoisotopic (exact) mass is 386 g/mol. The van der Waals surface area contributed by atoms with Gasteiger partial charge in [0.1, 0.15) is 0 Å². The molecular weight excluding hydrogens is 363 g/mol. The number of aryl methyl sites for hydroxylation is 1. The van der Waals surface area contributed by atoms with E-state index in [1.165, 1.54) is 22.8 Å². The molecule has 3 nitrogen and oxygen atoms in total. The Morgan fingerprint density at radius 3 is 2.60 bits per heavy atom. The van der Waals surface area contributed by atoms with Crippen molar-refractivity contribution in [1.29, 1.82) is 0 Å². The van der Waals surface area contributed by atoms with Gasteiger partial charge < -0.3 is 10.6 Å². The fourth-order valence-electron chi connectivity index (χ4n) is 3.01. The second-order valence-corrected chi connectivity index (χ2v) is 7.02. The predicted octanol–water partition coefficient (Wildman–Crippen LogP) is 3.85. The standard InChI is InChI=1S/C16H23IN2O/c1-12-10-13(17)6-7-14(12)19-15(20)11-16(18-2)8-4-3-5-9-16/h6-7,10,18H,3-5,8-9,11H2,1-2H3,(H,19,20). The van der Waals surface area contributed by atoms with Gasteiger partial charge in [-0.25, -0.2) is 0 Å². The third kappa shape index (κ3) is 3.95. The predicted molar refractivity (Wildman–Crippen MR) is 92.0 cm³/mol. The Kier molecular flexibility index (Phi) is 5.43. The minimum Gasteiger partial charge on any atom is -0.326 e. The van der Waals surface area contributed by atoms with Crippen LogP contribution in [0.1, 0.15) is 44.1 Å². The maximum absolute atomic E-state index is 12.3. The number of carbonyl (C=O) groups excluding carboxylic acids is 1. The number of anilines is 1. The van der Waals surface area contributed by atoms with Crippen molar-refractivity contribution in [2.75, 3.05) is 12.4 Å². The van der Waals surface area contributed by atoms with E-state index in [0.29, 0.717) is 6.42 Å². The van der Waals surface area contributed by atoms with Crippen molar-refractivity contribution in [3.8, 4) is 0 Å². The summed E-state index contributed by atoms with van der Waals surface area (Å²) in [6.07, 6.45) is 6.49. The minimum atomic E-state index is -0.000554. The summed E-state index contributed by atoms with van der Waals surface area (Å²) in [4.78, 5) is 12.3. The molecule has 4 heteroatoms. The van der Waals surface area contributed by atoms with Crippen molar-refractivity contribution in [3.63, 3.8) is 0 Å². The summed E-state index contributed by atoms with van der Waals surface area (Å²) in [5, 5.41) is 6.46. The molecule has 1 fully saturated rings. The highest BCUT2D eigenvalue weighted by Gasteiger charge is 2.32. The van der Waals surface area contributed by atoms with Gasteiger partial charge in [-0.3, -0.25) is 4.79 Å². The summed E-state index contributed by atoms with van der Waals surface area (Å²) < 4.78 is 1.19. The fourth-order valence-corrected chi connectivity index (χ4v) is 3.66. The number of benzene rings is 1. The molecule has 20 heavy (non-hydrogen) atoms. The molecule has 1 amide bonds. The van der Waals surface area contributed by atoms with Gasteiger partial charge in [0.2, 0.25) is 5.91 Å². The molecule has 0 radical (unpaired) electrons. The van der Waals surface area contributed by atoms with E-state index in [1.807, 2.05) is 26.1 Å². The van der Waals surface area contributed by atoms with Crippen molar-refractivity contribution in [3.05, 3.63) is 27.3 Å². The van der Waals surface area contributed by atoms with Gasteiger partial charge in [-0.15, -0.1) is 0 Å². The smallest absolute Gasteiger partial charge is 0.226 e. The second-order valence-electron chi connectivity index (χ2n) is 5.78. The first kappa shape index (κ1) is 15.8. The van der Waals surface area contributed by atoms with Crippen LogP contribution in [0.5, 0.6) is 0 Å². The van der Waals surface area contributed by atoms with Crippen molar-refractivity contribution >= 4 is 34.2 Å². The maximum atomic E-state index is 12.3. The van der Waals surface area contributed by atoms with Crippen molar-refractivity contribution in [2.24, 2.45) is 0 Å². The van der Waals surface area contributed by atoms with Crippen LogP contribution in [0.2, 0.25) is 0 Å². The Balaban J connectivity index is 2.00. The Labute approximate surface area is 135 Å². The minimum absolute atomic E-state index is 0.000554. The normalized spacial score (nSPS) is 17.8. The number of halogens is 1. The summed E-state index contributed by atoms with van der Waals surface area (Å²) in [5.41, 5.74) is 2.05.